The van der Waals surface area contributed by atoms with E-state index >= 15 is 0 Å². The number of hydrogen-bond donors (Lipinski definition) is 1. The molecule has 144 valence electrons. The van der Waals surface area contributed by atoms with Gasteiger partial charge in [-0.25, -0.2) is 14.8 Å². The molecule has 0 unspecified atom stereocenters. The van der Waals surface area contributed by atoms with E-state index in [1.54, 1.807) is 0 Å². The van der Waals surface area contributed by atoms with Crippen LogP contribution in [0.1, 0.15) is 38.3 Å². The van der Waals surface area contributed by atoms with E-state index in [0.29, 0.717) is 12.1 Å². The van der Waals surface area contributed by atoms with Crippen molar-refractivity contribution >= 4 is 29.2 Å². The molecule has 2 aromatic rings. The minimum atomic E-state index is -0.530. The second kappa shape index (κ2) is 6.72. The Labute approximate surface area is 166 Å². The average Bonchev–Trinajstić information content (AvgIpc) is 3.26. The molecule has 3 aliphatic heterocycles. The van der Waals surface area contributed by atoms with Gasteiger partial charge in [0.2, 0.25) is 5.91 Å². The molecule has 0 spiro atoms. The number of hydrazine groups is 1. The van der Waals surface area contributed by atoms with Gasteiger partial charge in [0.05, 0.1) is 13.1 Å². The highest BCUT2D eigenvalue weighted by Gasteiger charge is 2.36. The van der Waals surface area contributed by atoms with Crippen molar-refractivity contribution in [1.29, 1.82) is 0 Å². The summed E-state index contributed by atoms with van der Waals surface area (Å²) in [5, 5.41) is 7.21. The number of nitrogens with one attached hydrogen (secondary N) is 1. The first kappa shape index (κ1) is 17.4. The van der Waals surface area contributed by atoms with Crippen LogP contribution in [0.5, 0.6) is 0 Å². The maximum Gasteiger partial charge on any atom is 0.342 e. The maximum atomic E-state index is 12.7. The van der Waals surface area contributed by atoms with Crippen LogP contribution in [-0.2, 0) is 30.8 Å². The number of urea groups is 1. The Hall–Kier alpha value is -2.71. The van der Waals surface area contributed by atoms with E-state index in [9.17, 15) is 14.4 Å². The smallest absolute Gasteiger partial charge is 0.294 e. The maximum absolute atomic E-state index is 12.7. The van der Waals surface area contributed by atoms with Gasteiger partial charge in [0.25, 0.3) is 5.91 Å². The molecular formula is C20H20N4O3S. The van der Waals surface area contributed by atoms with E-state index in [0.717, 1.165) is 31.6 Å². The monoisotopic (exact) mass is 396 g/mol. The zero-order valence-corrected chi connectivity index (χ0v) is 16.1. The third kappa shape index (κ3) is 2.98. The molecule has 1 aromatic carbocycles. The highest BCUT2D eigenvalue weighted by atomic mass is 32.1. The normalized spacial score (nSPS) is 19.6. The van der Waals surface area contributed by atoms with Gasteiger partial charge in [0.15, 0.2) is 0 Å². The van der Waals surface area contributed by atoms with Crippen LogP contribution in [0.25, 0.3) is 0 Å². The van der Waals surface area contributed by atoms with Gasteiger partial charge in [0, 0.05) is 36.5 Å². The molecule has 5 rings (SSSR count). The number of amides is 4. The molecule has 4 amide bonds. The van der Waals surface area contributed by atoms with Gasteiger partial charge < -0.3 is 0 Å². The molecule has 1 N–H and O–H groups in total. The quantitative estimate of drug-likeness (QED) is 0.863. The number of fused-ring (bicyclic) bond motifs is 2. The Bertz CT molecular complexity index is 986. The Morgan fingerprint density at radius 1 is 0.964 bits per heavy atom. The molecule has 4 heterocycles. The van der Waals surface area contributed by atoms with Crippen molar-refractivity contribution in [2.75, 3.05) is 13.1 Å². The number of carbonyl (C=O) groups excluding carboxylic acids is 3. The van der Waals surface area contributed by atoms with Gasteiger partial charge in [-0.3, -0.25) is 19.8 Å². The summed E-state index contributed by atoms with van der Waals surface area (Å²) >= 11 is 1.84. The lowest BCUT2D eigenvalue weighted by Gasteiger charge is -2.33. The summed E-state index contributed by atoms with van der Waals surface area (Å²) in [5.41, 5.74) is 4.16. The van der Waals surface area contributed by atoms with E-state index in [1.807, 2.05) is 23.5 Å². The fourth-order valence-electron chi connectivity index (χ4n) is 4.14. The molecule has 7 nitrogen and oxygen atoms in total. The van der Waals surface area contributed by atoms with Crippen molar-refractivity contribution in [3.8, 4) is 0 Å². The van der Waals surface area contributed by atoms with Crippen LogP contribution in [0, 0.1) is 0 Å². The molecule has 0 atom stereocenters. The molecule has 0 radical (unpaired) electrons. The molecule has 1 aromatic heterocycles. The van der Waals surface area contributed by atoms with Gasteiger partial charge >= 0.3 is 6.03 Å². The van der Waals surface area contributed by atoms with E-state index in [4.69, 9.17) is 0 Å². The summed E-state index contributed by atoms with van der Waals surface area (Å²) < 4.78 is 0. The minimum absolute atomic E-state index is 0.188. The fraction of sp³-hybridized carbons (Fsp3) is 0.350. The van der Waals surface area contributed by atoms with Crippen molar-refractivity contribution in [3.05, 3.63) is 56.8 Å². The van der Waals surface area contributed by atoms with Crippen molar-refractivity contribution in [2.45, 2.75) is 32.5 Å². The number of nitrogens with zero attached hydrogens (tertiary/aromatic N) is 3. The predicted molar refractivity (Wildman–Crippen MR) is 103 cm³/mol. The molecule has 0 aliphatic carbocycles. The van der Waals surface area contributed by atoms with E-state index in [2.05, 4.69) is 27.7 Å². The third-order valence-corrected chi connectivity index (χ3v) is 6.59. The predicted octanol–water partition coefficient (Wildman–Crippen LogP) is 2.12. The fourth-order valence-corrected chi connectivity index (χ4v) is 5.03. The zero-order chi connectivity index (χ0) is 19.3. The SMILES string of the molecule is O=C1CCN(N2Cc3cc(CN4CCc5sccc5C4)ccc3C2=O)C(=O)N1. The van der Waals surface area contributed by atoms with Gasteiger partial charge in [-0.1, -0.05) is 12.1 Å². The van der Waals surface area contributed by atoms with Crippen molar-refractivity contribution < 1.29 is 14.4 Å². The van der Waals surface area contributed by atoms with E-state index in [-0.39, 0.29) is 24.8 Å². The topological polar surface area (TPSA) is 73.0 Å². The second-order valence-corrected chi connectivity index (χ2v) is 8.41. The number of imide groups is 1. The molecule has 0 bridgehead atoms. The largest absolute Gasteiger partial charge is 0.342 e. The molecule has 3 aliphatic rings. The summed E-state index contributed by atoms with van der Waals surface area (Å²) in [6.07, 6.45) is 1.30. The van der Waals surface area contributed by atoms with Crippen LogP contribution in [0.15, 0.2) is 29.6 Å². The standard InChI is InChI=1S/C20H20N4O3S/c25-18-4-7-23(20(27)21-18)24-12-15-9-13(1-2-16(15)19(24)26)10-22-6-3-17-14(11-22)5-8-28-17/h1-2,5,8-9H,3-4,6-7,10-12H2,(H,21,25,27). The van der Waals surface area contributed by atoms with Crippen LogP contribution in [-0.4, -0.2) is 45.9 Å². The molecule has 28 heavy (non-hydrogen) atoms. The van der Waals surface area contributed by atoms with Gasteiger partial charge in [-0.2, -0.15) is 0 Å². The van der Waals surface area contributed by atoms with Crippen LogP contribution in [0.2, 0.25) is 0 Å². The number of thiophene rings is 1. The van der Waals surface area contributed by atoms with Gasteiger partial charge in [-0.15, -0.1) is 11.3 Å². The lowest BCUT2D eigenvalue weighted by Crippen LogP contribution is -2.56. The third-order valence-electron chi connectivity index (χ3n) is 5.57. The van der Waals surface area contributed by atoms with Crippen LogP contribution >= 0.6 is 11.3 Å². The second-order valence-electron chi connectivity index (χ2n) is 7.41. The first-order valence-corrected chi connectivity index (χ1v) is 10.3. The van der Waals surface area contributed by atoms with E-state index < -0.39 is 6.03 Å². The Morgan fingerprint density at radius 2 is 1.86 bits per heavy atom. The van der Waals surface area contributed by atoms with Crippen molar-refractivity contribution in [2.24, 2.45) is 0 Å². The lowest BCUT2D eigenvalue weighted by molar-refractivity contribution is -0.123. The number of rotatable bonds is 3. The molecule has 1 saturated heterocycles. The summed E-state index contributed by atoms with van der Waals surface area (Å²) in [4.78, 5) is 40.1. The summed E-state index contributed by atoms with van der Waals surface area (Å²) in [5.74, 6) is -0.491. The van der Waals surface area contributed by atoms with Crippen LogP contribution in [0.4, 0.5) is 4.79 Å². The van der Waals surface area contributed by atoms with Gasteiger partial charge in [-0.05, 0) is 40.6 Å². The average molecular weight is 396 g/mol. The first-order chi connectivity index (χ1) is 13.6. The Kier molecular flexibility index (Phi) is 4.17. The van der Waals surface area contributed by atoms with Gasteiger partial charge in [0.1, 0.15) is 0 Å². The number of carbonyl (C=O) groups is 3. The number of hydrogen-bond acceptors (Lipinski definition) is 5. The Morgan fingerprint density at radius 3 is 2.71 bits per heavy atom. The summed E-state index contributed by atoms with van der Waals surface area (Å²) in [7, 11) is 0. The minimum Gasteiger partial charge on any atom is -0.294 e. The van der Waals surface area contributed by atoms with Crippen LogP contribution < -0.4 is 5.32 Å². The molecule has 0 saturated carbocycles. The molecule has 1 fully saturated rings. The molecule has 8 heteroatoms. The number of benzene rings is 1. The van der Waals surface area contributed by atoms with Crippen molar-refractivity contribution in [1.82, 2.24) is 20.2 Å². The summed E-state index contributed by atoms with van der Waals surface area (Å²) in [6.45, 7) is 3.43. The van der Waals surface area contributed by atoms with Crippen molar-refractivity contribution in [3.63, 3.8) is 0 Å². The Balaban J connectivity index is 1.31. The summed E-state index contributed by atoms with van der Waals surface area (Å²) in [6, 6.07) is 7.62. The zero-order valence-electron chi connectivity index (χ0n) is 15.3. The first-order valence-electron chi connectivity index (χ1n) is 9.41. The van der Waals surface area contributed by atoms with E-state index in [1.165, 1.54) is 26.0 Å². The van der Waals surface area contributed by atoms with Crippen LogP contribution in [0.3, 0.4) is 0 Å². The highest BCUT2D eigenvalue weighted by Crippen LogP contribution is 2.28. The lowest BCUT2D eigenvalue weighted by atomic mass is 10.0. The highest BCUT2D eigenvalue weighted by molar-refractivity contribution is 7.10. The molecular weight excluding hydrogens is 376 g/mol.